The zero-order valence-corrected chi connectivity index (χ0v) is 16.2. The van der Waals surface area contributed by atoms with Crippen LogP contribution in [0.2, 0.25) is 5.02 Å². The van der Waals surface area contributed by atoms with Crippen LogP contribution in [0.5, 0.6) is 0 Å². The predicted octanol–water partition coefficient (Wildman–Crippen LogP) is 3.91. The zero-order chi connectivity index (χ0) is 20.1. The first-order valence-electron chi connectivity index (χ1n) is 8.66. The van der Waals surface area contributed by atoms with E-state index in [0.29, 0.717) is 0 Å². The van der Waals surface area contributed by atoms with E-state index >= 15 is 0 Å². The topological polar surface area (TPSA) is 64.7 Å². The molecule has 1 amide bonds. The lowest BCUT2D eigenvalue weighted by Gasteiger charge is -2.19. The Morgan fingerprint density at radius 3 is 2.44 bits per heavy atom. The number of alkyl halides is 3. The monoisotopic (exact) mass is 403 g/mol. The molecule has 1 saturated carbocycles. The number of rotatable bonds is 5. The van der Waals surface area contributed by atoms with Gasteiger partial charge in [-0.15, -0.1) is 0 Å². The van der Waals surface area contributed by atoms with E-state index in [-0.39, 0.29) is 17.7 Å². The molecular weight excluding hydrogens is 383 g/mol. The summed E-state index contributed by atoms with van der Waals surface area (Å²) in [5.41, 5.74) is 0.770. The van der Waals surface area contributed by atoms with Gasteiger partial charge >= 0.3 is 6.18 Å². The fourth-order valence-corrected chi connectivity index (χ4v) is 3.58. The smallest absolute Gasteiger partial charge is 0.348 e. The minimum absolute atomic E-state index is 0.0886. The second-order valence-corrected chi connectivity index (χ2v) is 7.39. The van der Waals surface area contributed by atoms with Gasteiger partial charge in [-0.2, -0.15) is 23.4 Å². The lowest BCUT2D eigenvalue weighted by molar-refractivity contribution is -0.141. The maximum atomic E-state index is 13.2. The second-order valence-electron chi connectivity index (χ2n) is 7.01. The van der Waals surface area contributed by atoms with Gasteiger partial charge in [-0.3, -0.25) is 14.2 Å². The highest BCUT2D eigenvalue weighted by Crippen LogP contribution is 2.47. The molecule has 1 fully saturated rings. The average molecular weight is 404 g/mol. The van der Waals surface area contributed by atoms with Crippen molar-refractivity contribution in [3.63, 3.8) is 0 Å². The Balaban J connectivity index is 1.85. The van der Waals surface area contributed by atoms with Crippen LogP contribution in [0.4, 0.5) is 13.2 Å². The van der Waals surface area contributed by atoms with Crippen LogP contribution in [0.25, 0.3) is 0 Å². The molecule has 0 bridgehead atoms. The molecule has 3 rings (SSSR count). The van der Waals surface area contributed by atoms with Gasteiger partial charge in [0.1, 0.15) is 6.04 Å². The Bertz CT molecular complexity index is 869. The Hall–Kier alpha value is -2.03. The molecule has 0 unspecified atom stereocenters. The molecule has 1 aliphatic rings. The van der Waals surface area contributed by atoms with E-state index in [1.54, 1.807) is 24.9 Å². The summed E-state index contributed by atoms with van der Waals surface area (Å²) >= 11 is 5.98. The molecule has 0 spiro atoms. The number of carbonyl (C=O) groups is 1. The molecule has 2 aromatic rings. The molecule has 0 aliphatic heterocycles. The summed E-state index contributed by atoms with van der Waals surface area (Å²) < 4.78 is 42.4. The lowest BCUT2D eigenvalue weighted by Crippen LogP contribution is -2.34. The van der Waals surface area contributed by atoms with Crippen molar-refractivity contribution in [2.75, 3.05) is 0 Å². The minimum Gasteiger partial charge on any atom is -0.348 e. The van der Waals surface area contributed by atoms with Gasteiger partial charge in [-0.05, 0) is 33.6 Å². The molecule has 27 heavy (non-hydrogen) atoms. The Morgan fingerprint density at radius 2 is 1.96 bits per heavy atom. The zero-order valence-electron chi connectivity index (χ0n) is 15.4. The standard InChI is InChI=1S/C17H21ClF3N5O/c1-8(12-7-25(4)23-9(12)2)22-16(27)10(3)26-14(11-5-6-11)13(18)15(24-26)17(19,20)21/h7-8,10-11H,5-6H2,1-4H3,(H,22,27)/t8-,10-/m1/s1. The van der Waals surface area contributed by atoms with E-state index < -0.39 is 28.8 Å². The second kappa shape index (κ2) is 6.85. The lowest BCUT2D eigenvalue weighted by atomic mass is 10.1. The molecule has 6 nitrogen and oxygen atoms in total. The summed E-state index contributed by atoms with van der Waals surface area (Å²) in [6.07, 6.45) is -1.39. The summed E-state index contributed by atoms with van der Waals surface area (Å²) in [6, 6.07) is -1.26. The molecule has 2 aromatic heterocycles. The van der Waals surface area contributed by atoms with Crippen LogP contribution in [0, 0.1) is 6.92 Å². The largest absolute Gasteiger partial charge is 0.436 e. The Morgan fingerprint density at radius 1 is 1.33 bits per heavy atom. The van der Waals surface area contributed by atoms with E-state index in [4.69, 9.17) is 11.6 Å². The Labute approximate surface area is 159 Å². The molecular formula is C17H21ClF3N5O. The molecule has 0 radical (unpaired) electrons. The molecule has 2 atom stereocenters. The van der Waals surface area contributed by atoms with Gasteiger partial charge in [0.15, 0.2) is 5.69 Å². The van der Waals surface area contributed by atoms with Gasteiger partial charge in [-0.25, -0.2) is 0 Å². The molecule has 148 valence electrons. The van der Waals surface area contributed by atoms with Crippen LogP contribution in [-0.2, 0) is 18.0 Å². The first-order chi connectivity index (χ1) is 12.5. The molecule has 0 aromatic carbocycles. The molecule has 1 aliphatic carbocycles. The third kappa shape index (κ3) is 3.83. The number of amides is 1. The van der Waals surface area contributed by atoms with Crippen molar-refractivity contribution in [2.45, 2.75) is 57.8 Å². The van der Waals surface area contributed by atoms with Crippen molar-refractivity contribution >= 4 is 17.5 Å². The van der Waals surface area contributed by atoms with Gasteiger partial charge in [-0.1, -0.05) is 11.6 Å². The number of hydrogen-bond donors (Lipinski definition) is 1. The highest BCUT2D eigenvalue weighted by molar-refractivity contribution is 6.32. The Kier molecular flexibility index (Phi) is 5.00. The highest BCUT2D eigenvalue weighted by Gasteiger charge is 2.43. The van der Waals surface area contributed by atoms with Crippen LogP contribution < -0.4 is 5.32 Å². The first kappa shape index (κ1) is 19.7. The van der Waals surface area contributed by atoms with Crippen LogP contribution in [0.1, 0.15) is 67.3 Å². The summed E-state index contributed by atoms with van der Waals surface area (Å²) in [5, 5.41) is 10.3. The van der Waals surface area contributed by atoms with E-state index in [2.05, 4.69) is 15.5 Å². The number of aromatic nitrogens is 4. The van der Waals surface area contributed by atoms with Crippen molar-refractivity contribution < 1.29 is 18.0 Å². The van der Waals surface area contributed by atoms with E-state index in [1.165, 1.54) is 6.92 Å². The average Bonchev–Trinajstić information content (AvgIpc) is 3.24. The van der Waals surface area contributed by atoms with Gasteiger partial charge in [0.05, 0.1) is 22.5 Å². The number of nitrogens with zero attached hydrogens (tertiary/aromatic N) is 4. The van der Waals surface area contributed by atoms with Gasteiger partial charge < -0.3 is 5.32 Å². The van der Waals surface area contributed by atoms with Gasteiger partial charge in [0.2, 0.25) is 5.91 Å². The molecule has 1 N–H and O–H groups in total. The number of nitrogens with one attached hydrogen (secondary N) is 1. The van der Waals surface area contributed by atoms with Crippen molar-refractivity contribution in [1.29, 1.82) is 0 Å². The molecule has 10 heteroatoms. The molecule has 0 saturated heterocycles. The number of aryl methyl sites for hydroxylation is 2. The summed E-state index contributed by atoms with van der Waals surface area (Å²) in [4.78, 5) is 12.7. The van der Waals surface area contributed by atoms with E-state index in [1.807, 2.05) is 6.92 Å². The minimum atomic E-state index is -4.66. The van der Waals surface area contributed by atoms with Crippen LogP contribution in [-0.4, -0.2) is 25.5 Å². The van der Waals surface area contributed by atoms with Crippen LogP contribution >= 0.6 is 11.6 Å². The normalized spacial score (nSPS) is 17.0. The molecule has 2 heterocycles. The summed E-state index contributed by atoms with van der Waals surface area (Å²) in [6.45, 7) is 5.15. The van der Waals surface area contributed by atoms with Gasteiger partial charge in [0.25, 0.3) is 0 Å². The maximum Gasteiger partial charge on any atom is 0.436 e. The van der Waals surface area contributed by atoms with Crippen molar-refractivity contribution in [3.05, 3.63) is 33.9 Å². The van der Waals surface area contributed by atoms with E-state index in [9.17, 15) is 18.0 Å². The number of halogens is 4. The predicted molar refractivity (Wildman–Crippen MR) is 93.4 cm³/mol. The third-order valence-electron chi connectivity index (χ3n) is 4.74. The number of carbonyl (C=O) groups excluding carboxylic acids is 1. The van der Waals surface area contributed by atoms with Gasteiger partial charge in [0, 0.05) is 24.7 Å². The van der Waals surface area contributed by atoms with Crippen LogP contribution in [0.3, 0.4) is 0 Å². The maximum absolute atomic E-state index is 13.2. The summed E-state index contributed by atoms with van der Waals surface area (Å²) in [7, 11) is 1.78. The summed E-state index contributed by atoms with van der Waals surface area (Å²) in [5.74, 6) is -0.519. The van der Waals surface area contributed by atoms with Crippen LogP contribution in [0.15, 0.2) is 6.20 Å². The third-order valence-corrected chi connectivity index (χ3v) is 5.12. The fourth-order valence-electron chi connectivity index (χ4n) is 3.19. The van der Waals surface area contributed by atoms with Crippen molar-refractivity contribution in [1.82, 2.24) is 24.9 Å². The van der Waals surface area contributed by atoms with Crippen molar-refractivity contribution in [3.8, 4) is 0 Å². The SMILES string of the molecule is Cc1nn(C)cc1[C@@H](C)NC(=O)[C@@H](C)n1nc(C(F)(F)F)c(Cl)c1C1CC1. The first-order valence-corrected chi connectivity index (χ1v) is 9.04. The highest BCUT2D eigenvalue weighted by atomic mass is 35.5. The van der Waals surface area contributed by atoms with Crippen molar-refractivity contribution in [2.24, 2.45) is 7.05 Å². The quantitative estimate of drug-likeness (QED) is 0.823. The number of hydrogen-bond acceptors (Lipinski definition) is 3. The fraction of sp³-hybridized carbons (Fsp3) is 0.588. The van der Waals surface area contributed by atoms with E-state index in [0.717, 1.165) is 28.8 Å².